The van der Waals surface area contributed by atoms with E-state index in [0.29, 0.717) is 30.2 Å². The van der Waals surface area contributed by atoms with Gasteiger partial charge in [0.25, 0.3) is 5.91 Å². The summed E-state index contributed by atoms with van der Waals surface area (Å²) in [5.74, 6) is 0.418. The molecule has 1 amide bonds. The topological polar surface area (TPSA) is 64.8 Å². The number of benzene rings is 1. The van der Waals surface area contributed by atoms with E-state index in [9.17, 15) is 4.79 Å². The van der Waals surface area contributed by atoms with Crippen LogP contribution in [0.4, 0.5) is 5.69 Å². The molecule has 0 atom stereocenters. The quantitative estimate of drug-likeness (QED) is 0.613. The Morgan fingerprint density at radius 1 is 1.33 bits per heavy atom. The van der Waals surface area contributed by atoms with Crippen LogP contribution < -0.4 is 10.5 Å². The maximum absolute atomic E-state index is 11.9. The molecule has 0 aromatic heterocycles. The van der Waals surface area contributed by atoms with Gasteiger partial charge in [0.05, 0.1) is 12.2 Å². The smallest absolute Gasteiger partial charge is 0.257 e. The molecule has 1 aromatic carbocycles. The third kappa shape index (κ3) is 3.92. The fourth-order valence-electron chi connectivity index (χ4n) is 1.46. The summed E-state index contributed by atoms with van der Waals surface area (Å²) in [6, 6.07) is 5.05. The first-order valence-electron chi connectivity index (χ1n) is 5.79. The Kier molecular flexibility index (Phi) is 5.45. The lowest BCUT2D eigenvalue weighted by atomic mass is 10.1. The zero-order valence-electron chi connectivity index (χ0n) is 11.1. The van der Waals surface area contributed by atoms with Crippen LogP contribution in [0.2, 0.25) is 0 Å². The lowest BCUT2D eigenvalue weighted by molar-refractivity contribution is 0.0822. The van der Waals surface area contributed by atoms with E-state index in [1.807, 2.05) is 0 Å². The molecule has 5 heteroatoms. The zero-order chi connectivity index (χ0) is 13.5. The number of nitrogens with two attached hydrogens (primary N) is 1. The highest BCUT2D eigenvalue weighted by Crippen LogP contribution is 2.23. The number of rotatable bonds is 6. The molecule has 0 bridgehead atoms. The SMILES string of the molecule is COCCCOc1cc(N)ccc1C(=O)N(C)C. The molecule has 0 aliphatic heterocycles. The van der Waals surface area contributed by atoms with Gasteiger partial charge < -0.3 is 20.1 Å². The maximum atomic E-state index is 11.9. The van der Waals surface area contributed by atoms with Crippen molar-refractivity contribution in [2.75, 3.05) is 40.2 Å². The van der Waals surface area contributed by atoms with Gasteiger partial charge in [0.2, 0.25) is 0 Å². The molecule has 0 fully saturated rings. The number of methoxy groups -OCH3 is 1. The Morgan fingerprint density at radius 2 is 2.06 bits per heavy atom. The van der Waals surface area contributed by atoms with Gasteiger partial charge in [-0.3, -0.25) is 4.79 Å². The van der Waals surface area contributed by atoms with Crippen molar-refractivity contribution in [1.82, 2.24) is 4.90 Å². The number of ether oxygens (including phenoxy) is 2. The van der Waals surface area contributed by atoms with Crippen molar-refractivity contribution in [2.45, 2.75) is 6.42 Å². The monoisotopic (exact) mass is 252 g/mol. The largest absolute Gasteiger partial charge is 0.493 e. The van der Waals surface area contributed by atoms with E-state index in [-0.39, 0.29) is 5.91 Å². The molecule has 1 aromatic rings. The number of carbonyl (C=O) groups excluding carboxylic acids is 1. The van der Waals surface area contributed by atoms with Gasteiger partial charge in [-0.1, -0.05) is 0 Å². The molecule has 2 N–H and O–H groups in total. The molecule has 0 saturated carbocycles. The van der Waals surface area contributed by atoms with Gasteiger partial charge in [-0.25, -0.2) is 0 Å². The van der Waals surface area contributed by atoms with Crippen LogP contribution in [-0.2, 0) is 4.74 Å². The van der Waals surface area contributed by atoms with E-state index in [4.69, 9.17) is 15.2 Å². The number of nitrogen functional groups attached to an aromatic ring is 1. The van der Waals surface area contributed by atoms with Crippen molar-refractivity contribution in [2.24, 2.45) is 0 Å². The van der Waals surface area contributed by atoms with E-state index in [1.54, 1.807) is 39.4 Å². The van der Waals surface area contributed by atoms with Crippen molar-refractivity contribution < 1.29 is 14.3 Å². The number of amides is 1. The van der Waals surface area contributed by atoms with Crippen LogP contribution in [-0.4, -0.2) is 45.2 Å². The van der Waals surface area contributed by atoms with E-state index < -0.39 is 0 Å². The summed E-state index contributed by atoms with van der Waals surface area (Å²) in [6.07, 6.45) is 0.765. The highest BCUT2D eigenvalue weighted by molar-refractivity contribution is 5.97. The van der Waals surface area contributed by atoms with Crippen LogP contribution in [0.25, 0.3) is 0 Å². The van der Waals surface area contributed by atoms with Crippen LogP contribution in [0.3, 0.4) is 0 Å². The molecule has 0 heterocycles. The number of carbonyl (C=O) groups is 1. The number of hydrogen-bond donors (Lipinski definition) is 1. The Morgan fingerprint density at radius 3 is 2.67 bits per heavy atom. The fourth-order valence-corrected chi connectivity index (χ4v) is 1.46. The average molecular weight is 252 g/mol. The zero-order valence-corrected chi connectivity index (χ0v) is 11.1. The van der Waals surface area contributed by atoms with E-state index in [0.717, 1.165) is 6.42 Å². The minimum absolute atomic E-state index is 0.100. The van der Waals surface area contributed by atoms with Crippen molar-refractivity contribution in [3.8, 4) is 5.75 Å². The second-order valence-electron chi connectivity index (χ2n) is 4.15. The summed E-state index contributed by atoms with van der Waals surface area (Å²) in [6.45, 7) is 1.12. The molecule has 0 aliphatic carbocycles. The summed E-state index contributed by atoms with van der Waals surface area (Å²) >= 11 is 0. The Bertz CT molecular complexity index is 405. The average Bonchev–Trinajstić information content (AvgIpc) is 2.34. The summed E-state index contributed by atoms with van der Waals surface area (Å²) in [7, 11) is 5.04. The van der Waals surface area contributed by atoms with Crippen LogP contribution in [0.1, 0.15) is 16.8 Å². The third-order valence-corrected chi connectivity index (χ3v) is 2.39. The number of nitrogens with zero attached hydrogens (tertiary/aromatic N) is 1. The molecule has 18 heavy (non-hydrogen) atoms. The van der Waals surface area contributed by atoms with Crippen molar-refractivity contribution in [1.29, 1.82) is 0 Å². The van der Waals surface area contributed by atoms with Gasteiger partial charge >= 0.3 is 0 Å². The van der Waals surface area contributed by atoms with Gasteiger partial charge in [-0.2, -0.15) is 0 Å². The molecule has 1 rings (SSSR count). The van der Waals surface area contributed by atoms with Gasteiger partial charge in [-0.15, -0.1) is 0 Å². The first-order chi connectivity index (χ1) is 8.56. The Hall–Kier alpha value is -1.75. The molecular formula is C13H20N2O3. The molecular weight excluding hydrogens is 232 g/mol. The van der Waals surface area contributed by atoms with Gasteiger partial charge in [0, 0.05) is 46.0 Å². The van der Waals surface area contributed by atoms with Crippen LogP contribution in [0.15, 0.2) is 18.2 Å². The highest BCUT2D eigenvalue weighted by Gasteiger charge is 2.14. The van der Waals surface area contributed by atoms with Crippen LogP contribution >= 0.6 is 0 Å². The minimum atomic E-state index is -0.100. The van der Waals surface area contributed by atoms with Crippen LogP contribution in [0.5, 0.6) is 5.75 Å². The predicted molar refractivity (Wildman–Crippen MR) is 70.9 cm³/mol. The lowest BCUT2D eigenvalue weighted by Gasteiger charge is -2.15. The van der Waals surface area contributed by atoms with E-state index in [2.05, 4.69) is 0 Å². The van der Waals surface area contributed by atoms with Crippen molar-refractivity contribution in [3.63, 3.8) is 0 Å². The Labute approximate surface area is 107 Å². The standard InChI is InChI=1S/C13H20N2O3/c1-15(2)13(16)11-6-5-10(14)9-12(11)18-8-4-7-17-3/h5-6,9H,4,7-8,14H2,1-3H3. The first-order valence-corrected chi connectivity index (χ1v) is 5.79. The molecule has 0 radical (unpaired) electrons. The molecule has 5 nitrogen and oxygen atoms in total. The maximum Gasteiger partial charge on any atom is 0.257 e. The summed E-state index contributed by atoms with van der Waals surface area (Å²) < 4.78 is 10.5. The van der Waals surface area contributed by atoms with Crippen molar-refractivity contribution in [3.05, 3.63) is 23.8 Å². The number of hydrogen-bond acceptors (Lipinski definition) is 4. The van der Waals surface area contributed by atoms with E-state index >= 15 is 0 Å². The van der Waals surface area contributed by atoms with Crippen LogP contribution in [0, 0.1) is 0 Å². The summed E-state index contributed by atoms with van der Waals surface area (Å²) in [5, 5.41) is 0. The normalized spacial score (nSPS) is 10.2. The second kappa shape index (κ2) is 6.86. The first kappa shape index (κ1) is 14.3. The van der Waals surface area contributed by atoms with Gasteiger partial charge in [0.1, 0.15) is 5.75 Å². The van der Waals surface area contributed by atoms with Crippen molar-refractivity contribution >= 4 is 11.6 Å². The lowest BCUT2D eigenvalue weighted by Crippen LogP contribution is -2.22. The third-order valence-electron chi connectivity index (χ3n) is 2.39. The fraction of sp³-hybridized carbons (Fsp3) is 0.462. The minimum Gasteiger partial charge on any atom is -0.493 e. The summed E-state index contributed by atoms with van der Waals surface area (Å²) in [5.41, 5.74) is 6.80. The molecule has 0 saturated heterocycles. The molecule has 100 valence electrons. The molecule has 0 unspecified atom stereocenters. The van der Waals surface area contributed by atoms with Gasteiger partial charge in [0.15, 0.2) is 0 Å². The summed E-state index contributed by atoms with van der Waals surface area (Å²) in [4.78, 5) is 13.5. The molecule has 0 aliphatic rings. The molecule has 0 spiro atoms. The van der Waals surface area contributed by atoms with E-state index in [1.165, 1.54) is 4.90 Å². The number of anilines is 1. The van der Waals surface area contributed by atoms with Gasteiger partial charge in [-0.05, 0) is 12.1 Å². The second-order valence-corrected chi connectivity index (χ2v) is 4.15. The predicted octanol–water partition coefficient (Wildman–Crippen LogP) is 1.39. The Balaban J connectivity index is 2.80. The highest BCUT2D eigenvalue weighted by atomic mass is 16.5.